The smallest absolute Gasteiger partial charge is 0.379 e. The first kappa shape index (κ1) is 20.0. The lowest BCUT2D eigenvalue weighted by atomic mass is 10.1. The molecule has 10 heteroatoms. The number of nitro benzene ring substituents is 1. The summed E-state index contributed by atoms with van der Waals surface area (Å²) in [5.74, 6) is -0.358. The Labute approximate surface area is 152 Å². The largest absolute Gasteiger partial charge is 0.416 e. The van der Waals surface area contributed by atoms with Crippen LogP contribution in [0.3, 0.4) is 0 Å². The molecule has 2 aromatic carbocycles. The molecule has 0 unspecified atom stereocenters. The second kappa shape index (κ2) is 8.39. The van der Waals surface area contributed by atoms with Gasteiger partial charge in [0.15, 0.2) is 0 Å². The highest BCUT2D eigenvalue weighted by Gasteiger charge is 2.33. The summed E-state index contributed by atoms with van der Waals surface area (Å²) in [5.41, 5.74) is 1.48. The van der Waals surface area contributed by atoms with E-state index >= 15 is 0 Å². The number of hydrazine groups is 1. The number of amides is 1. The second-order valence-corrected chi connectivity index (χ2v) is 5.59. The molecule has 0 radical (unpaired) electrons. The summed E-state index contributed by atoms with van der Waals surface area (Å²) in [6.45, 7) is 0.0146. The highest BCUT2D eigenvalue weighted by atomic mass is 19.4. The molecule has 0 heterocycles. The van der Waals surface area contributed by atoms with Crippen LogP contribution < -0.4 is 15.8 Å². The molecule has 0 aliphatic heterocycles. The van der Waals surface area contributed by atoms with Gasteiger partial charge in [-0.15, -0.1) is 0 Å². The molecule has 1 amide bonds. The molecule has 0 aromatic heterocycles. The van der Waals surface area contributed by atoms with E-state index in [1.165, 1.54) is 5.01 Å². The molecule has 0 fully saturated rings. The van der Waals surface area contributed by atoms with Crippen LogP contribution in [0.5, 0.6) is 0 Å². The molecule has 0 atom stereocenters. The summed E-state index contributed by atoms with van der Waals surface area (Å²) in [7, 11) is 1.65. The van der Waals surface area contributed by atoms with E-state index in [1.54, 1.807) is 19.2 Å². The van der Waals surface area contributed by atoms with Crippen molar-refractivity contribution < 1.29 is 22.9 Å². The predicted molar refractivity (Wildman–Crippen MR) is 94.2 cm³/mol. The number of alkyl halides is 3. The Balaban J connectivity index is 1.94. The van der Waals surface area contributed by atoms with Crippen LogP contribution in [0.4, 0.5) is 30.2 Å². The van der Waals surface area contributed by atoms with Gasteiger partial charge >= 0.3 is 6.18 Å². The lowest BCUT2D eigenvalue weighted by molar-refractivity contribution is -0.384. The van der Waals surface area contributed by atoms with E-state index in [-0.39, 0.29) is 24.6 Å². The molecule has 7 nitrogen and oxygen atoms in total. The third-order valence-electron chi connectivity index (χ3n) is 3.63. The highest BCUT2D eigenvalue weighted by molar-refractivity contribution is 5.78. The molecule has 0 aliphatic rings. The molecule has 0 saturated carbocycles. The van der Waals surface area contributed by atoms with Gasteiger partial charge in [0.1, 0.15) is 5.69 Å². The van der Waals surface area contributed by atoms with Crippen LogP contribution >= 0.6 is 0 Å². The van der Waals surface area contributed by atoms with Crippen LogP contribution in [0.1, 0.15) is 12.0 Å². The van der Waals surface area contributed by atoms with E-state index in [0.717, 1.165) is 17.8 Å². The lowest BCUT2D eigenvalue weighted by Gasteiger charge is -2.20. The molecule has 0 aliphatic carbocycles. The minimum Gasteiger partial charge on any atom is -0.379 e. The summed E-state index contributed by atoms with van der Waals surface area (Å²) in [5, 5.41) is 15.2. The number of nitrogens with zero attached hydrogens (tertiary/aromatic N) is 2. The Hall–Kier alpha value is -3.30. The number of anilines is 2. The average molecular weight is 382 g/mol. The first-order chi connectivity index (χ1) is 12.7. The van der Waals surface area contributed by atoms with Crippen LogP contribution in [-0.2, 0) is 11.0 Å². The van der Waals surface area contributed by atoms with Crippen molar-refractivity contribution in [3.05, 3.63) is 64.2 Å². The van der Waals surface area contributed by atoms with E-state index in [4.69, 9.17) is 0 Å². The maximum Gasteiger partial charge on any atom is 0.416 e. The number of hydrogen-bond donors (Lipinski definition) is 2. The van der Waals surface area contributed by atoms with E-state index in [0.29, 0.717) is 6.07 Å². The third kappa shape index (κ3) is 5.59. The summed E-state index contributed by atoms with van der Waals surface area (Å²) < 4.78 is 38.0. The number of carbonyl (C=O) groups excluding carboxylic acids is 1. The summed E-state index contributed by atoms with van der Waals surface area (Å²) in [4.78, 5) is 22.1. The predicted octanol–water partition coefficient (Wildman–Crippen LogP) is 3.58. The van der Waals surface area contributed by atoms with E-state index in [2.05, 4.69) is 10.7 Å². The number of rotatable bonds is 7. The van der Waals surface area contributed by atoms with Crippen LogP contribution in [-0.4, -0.2) is 24.4 Å². The second-order valence-electron chi connectivity index (χ2n) is 5.59. The molecule has 144 valence electrons. The zero-order valence-corrected chi connectivity index (χ0v) is 14.3. The summed E-state index contributed by atoms with van der Waals surface area (Å²) >= 11 is 0. The van der Waals surface area contributed by atoms with Gasteiger partial charge in [0.05, 0.1) is 16.2 Å². The van der Waals surface area contributed by atoms with E-state index in [9.17, 15) is 28.1 Å². The van der Waals surface area contributed by atoms with Crippen molar-refractivity contribution in [1.29, 1.82) is 0 Å². The Morgan fingerprint density at radius 2 is 1.85 bits per heavy atom. The molecule has 2 N–H and O–H groups in total. The molecular weight excluding hydrogens is 365 g/mol. The van der Waals surface area contributed by atoms with Gasteiger partial charge < -0.3 is 5.32 Å². The molecule has 0 bridgehead atoms. The van der Waals surface area contributed by atoms with Crippen LogP contribution in [0, 0.1) is 10.1 Å². The van der Waals surface area contributed by atoms with Gasteiger partial charge in [-0.2, -0.15) is 13.2 Å². The fourth-order valence-electron chi connectivity index (χ4n) is 2.28. The normalized spacial score (nSPS) is 11.0. The molecule has 2 rings (SSSR count). The van der Waals surface area contributed by atoms with Crippen molar-refractivity contribution in [2.45, 2.75) is 12.6 Å². The molecule has 0 saturated heterocycles. The first-order valence-electron chi connectivity index (χ1n) is 7.86. The molecule has 2 aromatic rings. The van der Waals surface area contributed by atoms with E-state index < -0.39 is 22.4 Å². The summed E-state index contributed by atoms with van der Waals surface area (Å²) in [6, 6.07) is 11.2. The van der Waals surface area contributed by atoms with Crippen molar-refractivity contribution in [1.82, 2.24) is 5.43 Å². The Morgan fingerprint density at radius 3 is 2.44 bits per heavy atom. The maximum absolute atomic E-state index is 12.7. The summed E-state index contributed by atoms with van der Waals surface area (Å²) in [6.07, 6.45) is -4.71. The fraction of sp³-hybridized carbons (Fsp3) is 0.235. The third-order valence-corrected chi connectivity index (χ3v) is 3.63. The molecule has 27 heavy (non-hydrogen) atoms. The van der Waals surface area contributed by atoms with Gasteiger partial charge in [-0.05, 0) is 24.3 Å². The van der Waals surface area contributed by atoms with Crippen molar-refractivity contribution >= 4 is 23.0 Å². The highest BCUT2D eigenvalue weighted by Crippen LogP contribution is 2.34. The first-order valence-corrected chi connectivity index (χ1v) is 7.86. The Morgan fingerprint density at radius 1 is 1.19 bits per heavy atom. The zero-order valence-electron chi connectivity index (χ0n) is 14.3. The standard InChI is InChI=1S/C17H17F3N4O3/c1-23(13-5-3-2-4-6-13)22-16(25)9-10-21-14-8-7-12(17(18,19)20)11-15(14)24(26)27/h2-8,11,21H,9-10H2,1H3,(H,22,25). The van der Waals surface area contributed by atoms with E-state index in [1.807, 2.05) is 18.2 Å². The van der Waals surface area contributed by atoms with Gasteiger partial charge in [0, 0.05) is 26.1 Å². The van der Waals surface area contributed by atoms with Gasteiger partial charge in [-0.3, -0.25) is 25.3 Å². The van der Waals surface area contributed by atoms with Crippen molar-refractivity contribution in [2.24, 2.45) is 0 Å². The van der Waals surface area contributed by atoms with Crippen LogP contribution in [0.25, 0.3) is 0 Å². The number of carbonyl (C=O) groups is 1. The average Bonchev–Trinajstić information content (AvgIpc) is 2.61. The van der Waals surface area contributed by atoms with Crippen molar-refractivity contribution in [3.8, 4) is 0 Å². The Kier molecular flexibility index (Phi) is 6.22. The number of nitrogens with one attached hydrogen (secondary N) is 2. The topological polar surface area (TPSA) is 87.5 Å². The lowest BCUT2D eigenvalue weighted by Crippen LogP contribution is -2.39. The number of benzene rings is 2. The van der Waals surface area contributed by atoms with Gasteiger partial charge in [-0.1, -0.05) is 18.2 Å². The van der Waals surface area contributed by atoms with Crippen LogP contribution in [0.15, 0.2) is 48.5 Å². The minimum atomic E-state index is -4.68. The SMILES string of the molecule is CN(NC(=O)CCNc1ccc(C(F)(F)F)cc1[N+](=O)[O-])c1ccccc1. The quantitative estimate of drug-likeness (QED) is 0.565. The maximum atomic E-state index is 12.7. The number of halogens is 3. The molecule has 0 spiro atoms. The monoisotopic (exact) mass is 382 g/mol. The van der Waals surface area contributed by atoms with Crippen molar-refractivity contribution in [2.75, 3.05) is 23.9 Å². The fourth-order valence-corrected chi connectivity index (χ4v) is 2.28. The minimum absolute atomic E-state index is 0.0146. The van der Waals surface area contributed by atoms with Crippen molar-refractivity contribution in [3.63, 3.8) is 0 Å². The van der Waals surface area contributed by atoms with Crippen LogP contribution in [0.2, 0.25) is 0 Å². The number of hydrogen-bond acceptors (Lipinski definition) is 5. The van der Waals surface area contributed by atoms with Gasteiger partial charge in [0.2, 0.25) is 5.91 Å². The number of nitro groups is 1. The van der Waals surface area contributed by atoms with Gasteiger partial charge in [-0.25, -0.2) is 0 Å². The molecular formula is C17H17F3N4O3. The number of para-hydroxylation sites is 1. The Bertz CT molecular complexity index is 813. The van der Waals surface area contributed by atoms with Gasteiger partial charge in [0.25, 0.3) is 5.69 Å². The zero-order chi connectivity index (χ0) is 20.0.